The number of likely N-dealkylation sites (N-methyl/N-ethyl adjacent to an activating group) is 2. The largest absolute Gasteiger partial charge is 0.481 e. The van der Waals surface area contributed by atoms with Crippen LogP contribution in [0.3, 0.4) is 0 Å². The van der Waals surface area contributed by atoms with Crippen LogP contribution in [0.5, 0.6) is 0 Å². The van der Waals surface area contributed by atoms with Crippen LogP contribution in [0.2, 0.25) is 0 Å². The summed E-state index contributed by atoms with van der Waals surface area (Å²) in [5, 5.41) is 9.10. The van der Waals surface area contributed by atoms with E-state index in [2.05, 4.69) is 11.9 Å². The second kappa shape index (κ2) is 6.64. The Morgan fingerprint density at radius 1 is 1.24 bits per heavy atom. The highest BCUT2D eigenvalue weighted by atomic mass is 16.4. The maximum Gasteiger partial charge on any atom is 0.320 e. The van der Waals surface area contributed by atoms with Crippen molar-refractivity contribution in [3.8, 4) is 0 Å². The van der Waals surface area contributed by atoms with Gasteiger partial charge in [0.25, 0.3) is 0 Å². The number of amides is 2. The average molecular weight is 297 g/mol. The number of piperidine rings is 2. The van der Waals surface area contributed by atoms with Gasteiger partial charge in [-0.1, -0.05) is 0 Å². The SMILES string of the molecule is CC1CC(C(=O)O)CCN1C(=O)N(C)C1CCCN(C)C1. The van der Waals surface area contributed by atoms with Gasteiger partial charge in [0.2, 0.25) is 0 Å². The number of hydrogen-bond acceptors (Lipinski definition) is 3. The van der Waals surface area contributed by atoms with Crippen LogP contribution in [0.15, 0.2) is 0 Å². The molecule has 0 radical (unpaired) electrons. The molecule has 0 bridgehead atoms. The van der Waals surface area contributed by atoms with Gasteiger partial charge in [-0.05, 0) is 46.2 Å². The van der Waals surface area contributed by atoms with Crippen LogP contribution in [0.4, 0.5) is 4.79 Å². The third kappa shape index (κ3) is 3.67. The number of carboxylic acids is 1. The maximum absolute atomic E-state index is 12.7. The maximum atomic E-state index is 12.7. The monoisotopic (exact) mass is 297 g/mol. The second-order valence-corrected chi connectivity index (χ2v) is 6.55. The first-order valence-corrected chi connectivity index (χ1v) is 7.85. The molecule has 2 rings (SSSR count). The first-order valence-electron chi connectivity index (χ1n) is 7.85. The fourth-order valence-corrected chi connectivity index (χ4v) is 3.49. The van der Waals surface area contributed by atoms with E-state index in [1.807, 2.05) is 23.8 Å². The minimum Gasteiger partial charge on any atom is -0.481 e. The molecule has 0 saturated carbocycles. The lowest BCUT2D eigenvalue weighted by molar-refractivity contribution is -0.143. The summed E-state index contributed by atoms with van der Waals surface area (Å²) in [6.45, 7) is 4.51. The third-order valence-electron chi connectivity index (χ3n) is 4.92. The summed E-state index contributed by atoms with van der Waals surface area (Å²) in [6.07, 6.45) is 3.28. The van der Waals surface area contributed by atoms with Crippen molar-refractivity contribution in [1.82, 2.24) is 14.7 Å². The third-order valence-corrected chi connectivity index (χ3v) is 4.92. The Labute approximate surface area is 126 Å². The molecular weight excluding hydrogens is 270 g/mol. The molecule has 0 spiro atoms. The fourth-order valence-electron chi connectivity index (χ4n) is 3.49. The standard InChI is InChI=1S/C15H27N3O3/c1-11-9-12(14(19)20)6-8-18(11)15(21)17(3)13-5-4-7-16(2)10-13/h11-13H,4-10H2,1-3H3,(H,19,20). The summed E-state index contributed by atoms with van der Waals surface area (Å²) in [7, 11) is 3.97. The average Bonchev–Trinajstić information content (AvgIpc) is 2.45. The quantitative estimate of drug-likeness (QED) is 0.835. The van der Waals surface area contributed by atoms with Crippen molar-refractivity contribution in [3.05, 3.63) is 0 Å². The van der Waals surface area contributed by atoms with Gasteiger partial charge < -0.3 is 19.8 Å². The van der Waals surface area contributed by atoms with E-state index < -0.39 is 5.97 Å². The van der Waals surface area contributed by atoms with Crippen LogP contribution in [-0.4, -0.2) is 77.6 Å². The van der Waals surface area contributed by atoms with Gasteiger partial charge in [-0.2, -0.15) is 0 Å². The number of rotatable bonds is 2. The number of urea groups is 1. The number of aliphatic carboxylic acids is 1. The van der Waals surface area contributed by atoms with Crippen molar-refractivity contribution in [3.63, 3.8) is 0 Å². The highest BCUT2D eigenvalue weighted by molar-refractivity contribution is 5.76. The summed E-state index contributed by atoms with van der Waals surface area (Å²) >= 11 is 0. The zero-order valence-corrected chi connectivity index (χ0v) is 13.3. The Morgan fingerprint density at radius 2 is 1.95 bits per heavy atom. The molecule has 2 fully saturated rings. The lowest BCUT2D eigenvalue weighted by atomic mass is 9.92. The van der Waals surface area contributed by atoms with E-state index >= 15 is 0 Å². The van der Waals surface area contributed by atoms with E-state index in [4.69, 9.17) is 5.11 Å². The van der Waals surface area contributed by atoms with Gasteiger partial charge in [-0.25, -0.2) is 4.79 Å². The van der Waals surface area contributed by atoms with Crippen molar-refractivity contribution >= 4 is 12.0 Å². The smallest absolute Gasteiger partial charge is 0.320 e. The first kappa shape index (κ1) is 16.1. The topological polar surface area (TPSA) is 64.1 Å². The zero-order valence-electron chi connectivity index (χ0n) is 13.3. The summed E-state index contributed by atoms with van der Waals surface area (Å²) < 4.78 is 0. The van der Waals surface area contributed by atoms with Gasteiger partial charge >= 0.3 is 12.0 Å². The van der Waals surface area contributed by atoms with Gasteiger partial charge in [-0.15, -0.1) is 0 Å². The molecule has 0 aromatic rings. The van der Waals surface area contributed by atoms with Crippen molar-refractivity contribution in [2.24, 2.45) is 5.92 Å². The summed E-state index contributed by atoms with van der Waals surface area (Å²) in [5.74, 6) is -1.05. The van der Waals surface area contributed by atoms with Crippen LogP contribution in [0, 0.1) is 5.92 Å². The number of carbonyl (C=O) groups is 2. The van der Waals surface area contributed by atoms with E-state index in [1.165, 1.54) is 0 Å². The summed E-state index contributed by atoms with van der Waals surface area (Å²) in [6, 6.07) is 0.309. The molecule has 3 unspecified atom stereocenters. The van der Waals surface area contributed by atoms with Crippen LogP contribution in [-0.2, 0) is 4.79 Å². The second-order valence-electron chi connectivity index (χ2n) is 6.55. The van der Waals surface area contributed by atoms with Gasteiger partial charge in [0, 0.05) is 32.2 Å². The lowest BCUT2D eigenvalue weighted by Gasteiger charge is -2.42. The molecule has 6 nitrogen and oxygen atoms in total. The Bertz CT molecular complexity index is 402. The molecule has 21 heavy (non-hydrogen) atoms. The molecule has 2 heterocycles. The molecule has 6 heteroatoms. The van der Waals surface area contributed by atoms with E-state index in [1.54, 1.807) is 0 Å². The molecule has 1 N–H and O–H groups in total. The Balaban J connectivity index is 1.94. The Morgan fingerprint density at radius 3 is 2.52 bits per heavy atom. The minimum atomic E-state index is -0.740. The number of carboxylic acid groups (broad SMARTS) is 1. The van der Waals surface area contributed by atoms with E-state index in [9.17, 15) is 9.59 Å². The van der Waals surface area contributed by atoms with E-state index in [0.29, 0.717) is 19.4 Å². The molecule has 2 saturated heterocycles. The van der Waals surface area contributed by atoms with Crippen LogP contribution < -0.4 is 0 Å². The predicted octanol–water partition coefficient (Wildman–Crippen LogP) is 1.32. The number of likely N-dealkylation sites (tertiary alicyclic amines) is 2. The van der Waals surface area contributed by atoms with Gasteiger partial charge in [0.15, 0.2) is 0 Å². The van der Waals surface area contributed by atoms with Crippen molar-refractivity contribution in [2.75, 3.05) is 33.7 Å². The molecule has 2 amide bonds. The predicted molar refractivity (Wildman–Crippen MR) is 80.2 cm³/mol. The lowest BCUT2D eigenvalue weighted by Crippen LogP contribution is -2.55. The Hall–Kier alpha value is -1.30. The fraction of sp³-hybridized carbons (Fsp3) is 0.867. The van der Waals surface area contributed by atoms with Crippen LogP contribution >= 0.6 is 0 Å². The van der Waals surface area contributed by atoms with Crippen molar-refractivity contribution in [2.45, 2.75) is 44.7 Å². The Kier molecular flexibility index (Phi) is 5.08. The summed E-state index contributed by atoms with van der Waals surface area (Å²) in [5.41, 5.74) is 0. The zero-order chi connectivity index (χ0) is 15.6. The van der Waals surface area contributed by atoms with Gasteiger partial charge in [0.05, 0.1) is 5.92 Å². The van der Waals surface area contributed by atoms with Gasteiger partial charge in [-0.3, -0.25) is 4.79 Å². The highest BCUT2D eigenvalue weighted by Gasteiger charge is 2.35. The molecular formula is C15H27N3O3. The number of carbonyl (C=O) groups excluding carboxylic acids is 1. The molecule has 120 valence electrons. The minimum absolute atomic E-state index is 0.00359. The number of hydrogen-bond donors (Lipinski definition) is 1. The molecule has 2 aliphatic heterocycles. The normalized spacial score (nSPS) is 31.0. The molecule has 0 aromatic heterocycles. The summed E-state index contributed by atoms with van der Waals surface area (Å²) in [4.78, 5) is 29.7. The molecule has 3 atom stereocenters. The van der Waals surface area contributed by atoms with Crippen LogP contribution in [0.25, 0.3) is 0 Å². The molecule has 2 aliphatic rings. The number of nitrogens with zero attached hydrogens (tertiary/aromatic N) is 3. The highest BCUT2D eigenvalue weighted by Crippen LogP contribution is 2.25. The first-order chi connectivity index (χ1) is 9.90. The molecule has 0 aromatic carbocycles. The van der Waals surface area contributed by atoms with E-state index in [0.717, 1.165) is 25.9 Å². The molecule has 0 aliphatic carbocycles. The van der Waals surface area contributed by atoms with Crippen molar-refractivity contribution in [1.29, 1.82) is 0 Å². The van der Waals surface area contributed by atoms with Crippen LogP contribution in [0.1, 0.15) is 32.6 Å². The van der Waals surface area contributed by atoms with Crippen molar-refractivity contribution < 1.29 is 14.7 Å². The van der Waals surface area contributed by atoms with Gasteiger partial charge in [0.1, 0.15) is 0 Å². The van der Waals surface area contributed by atoms with E-state index in [-0.39, 0.29) is 24.0 Å².